The molecule has 0 unspecified atom stereocenters. The van der Waals surface area contributed by atoms with Crippen molar-refractivity contribution in [1.82, 2.24) is 9.38 Å². The fourth-order valence-electron chi connectivity index (χ4n) is 2.08. The average Bonchev–Trinajstić information content (AvgIpc) is 2.75. The largest absolute Gasteiger partial charge is 0.496 e. The van der Waals surface area contributed by atoms with Crippen LogP contribution < -0.4 is 10.5 Å². The van der Waals surface area contributed by atoms with Gasteiger partial charge in [-0.1, -0.05) is 12.1 Å². The van der Waals surface area contributed by atoms with Crippen molar-refractivity contribution in [3.05, 3.63) is 47.2 Å². The van der Waals surface area contributed by atoms with E-state index < -0.39 is 0 Å². The van der Waals surface area contributed by atoms with Crippen LogP contribution in [0.3, 0.4) is 0 Å². The van der Waals surface area contributed by atoms with Crippen molar-refractivity contribution in [1.29, 1.82) is 0 Å². The van der Waals surface area contributed by atoms with E-state index in [1.807, 2.05) is 47.0 Å². The minimum atomic E-state index is 0.688. The van der Waals surface area contributed by atoms with Crippen molar-refractivity contribution in [2.45, 2.75) is 0 Å². The molecule has 19 heavy (non-hydrogen) atoms. The van der Waals surface area contributed by atoms with Gasteiger partial charge in [0.05, 0.1) is 18.2 Å². The number of rotatable bonds is 2. The van der Waals surface area contributed by atoms with Gasteiger partial charge in [0.25, 0.3) is 0 Å². The van der Waals surface area contributed by atoms with Crippen molar-refractivity contribution in [2.24, 2.45) is 0 Å². The van der Waals surface area contributed by atoms with E-state index in [9.17, 15) is 0 Å². The summed E-state index contributed by atoms with van der Waals surface area (Å²) >= 11 is 3.47. The molecule has 96 valence electrons. The van der Waals surface area contributed by atoms with Gasteiger partial charge < -0.3 is 10.5 Å². The number of methoxy groups -OCH3 is 1. The molecule has 0 fully saturated rings. The van der Waals surface area contributed by atoms with Gasteiger partial charge in [-0.15, -0.1) is 0 Å². The van der Waals surface area contributed by atoms with Crippen molar-refractivity contribution in [2.75, 3.05) is 12.8 Å². The highest BCUT2D eigenvalue weighted by Crippen LogP contribution is 2.32. The summed E-state index contributed by atoms with van der Waals surface area (Å²) in [5.41, 5.74) is 8.44. The summed E-state index contributed by atoms with van der Waals surface area (Å²) in [7, 11) is 1.65. The van der Waals surface area contributed by atoms with Crippen LogP contribution in [0, 0.1) is 0 Å². The lowest BCUT2D eigenvalue weighted by atomic mass is 10.2. The maximum absolute atomic E-state index is 5.86. The smallest absolute Gasteiger partial charge is 0.149 e. The zero-order valence-electron chi connectivity index (χ0n) is 10.3. The van der Waals surface area contributed by atoms with E-state index in [0.717, 1.165) is 27.3 Å². The third-order valence-corrected chi connectivity index (χ3v) is 3.55. The van der Waals surface area contributed by atoms with Gasteiger partial charge in [-0.3, -0.25) is 4.40 Å². The van der Waals surface area contributed by atoms with E-state index in [1.165, 1.54) is 0 Å². The lowest BCUT2D eigenvalue weighted by molar-refractivity contribution is 0.416. The number of hydrogen-bond acceptors (Lipinski definition) is 3. The number of hydrogen-bond donors (Lipinski definition) is 1. The molecule has 0 amide bonds. The Kier molecular flexibility index (Phi) is 2.91. The number of anilines is 1. The van der Waals surface area contributed by atoms with Crippen LogP contribution in [0.15, 0.2) is 47.2 Å². The zero-order chi connectivity index (χ0) is 13.4. The molecule has 0 bridgehead atoms. The maximum Gasteiger partial charge on any atom is 0.149 e. The van der Waals surface area contributed by atoms with Crippen molar-refractivity contribution >= 4 is 27.1 Å². The molecule has 0 saturated carbocycles. The first-order valence-electron chi connectivity index (χ1n) is 5.77. The van der Waals surface area contributed by atoms with Crippen LogP contribution in [-0.4, -0.2) is 16.5 Å². The van der Waals surface area contributed by atoms with Crippen LogP contribution in [0.5, 0.6) is 5.75 Å². The molecule has 3 aromatic rings. The van der Waals surface area contributed by atoms with E-state index in [-0.39, 0.29) is 0 Å². The number of aromatic nitrogens is 2. The first-order valence-corrected chi connectivity index (χ1v) is 6.56. The predicted octanol–water partition coefficient (Wildman–Crippen LogP) is 3.35. The number of benzene rings is 1. The number of halogens is 1. The molecule has 5 heteroatoms. The highest BCUT2D eigenvalue weighted by molar-refractivity contribution is 9.10. The third kappa shape index (κ3) is 1.96. The molecule has 2 aromatic heterocycles. The van der Waals surface area contributed by atoms with Crippen molar-refractivity contribution in [3.8, 4) is 17.1 Å². The molecule has 0 aliphatic heterocycles. The van der Waals surface area contributed by atoms with Gasteiger partial charge in [-0.2, -0.15) is 0 Å². The minimum Gasteiger partial charge on any atom is -0.496 e. The van der Waals surface area contributed by atoms with Crippen LogP contribution in [0.4, 0.5) is 5.69 Å². The fraction of sp³-hybridized carbons (Fsp3) is 0.0714. The van der Waals surface area contributed by atoms with E-state index >= 15 is 0 Å². The second kappa shape index (κ2) is 4.59. The van der Waals surface area contributed by atoms with Gasteiger partial charge in [0.2, 0.25) is 0 Å². The van der Waals surface area contributed by atoms with Crippen molar-refractivity contribution < 1.29 is 4.74 Å². The molecule has 0 spiro atoms. The van der Waals surface area contributed by atoms with Gasteiger partial charge in [0.15, 0.2) is 0 Å². The lowest BCUT2D eigenvalue weighted by Crippen LogP contribution is -1.95. The molecule has 0 atom stereocenters. The Bertz CT molecular complexity index is 752. The first kappa shape index (κ1) is 12.0. The van der Waals surface area contributed by atoms with Crippen LogP contribution in [-0.2, 0) is 0 Å². The summed E-state index contributed by atoms with van der Waals surface area (Å²) in [6.07, 6.45) is 1.86. The number of nitrogens with two attached hydrogens (primary N) is 1. The van der Waals surface area contributed by atoms with Gasteiger partial charge in [-0.25, -0.2) is 4.98 Å². The number of fused-ring (bicyclic) bond motifs is 1. The molecule has 4 nitrogen and oxygen atoms in total. The normalized spacial score (nSPS) is 10.8. The molecular formula is C14H12BrN3O. The van der Waals surface area contributed by atoms with Crippen LogP contribution >= 0.6 is 15.9 Å². The third-order valence-electron chi connectivity index (χ3n) is 2.96. The molecule has 2 heterocycles. The quantitative estimate of drug-likeness (QED) is 0.788. The Labute approximate surface area is 119 Å². The standard InChI is InChI=1S/C14H12BrN3O/c1-19-12-5-3-2-4-10(12)14-17-13(15)11-7-6-9(16)8-18(11)14/h2-8H,16H2,1H3. The summed E-state index contributed by atoms with van der Waals surface area (Å²) in [6.45, 7) is 0. The Hall–Kier alpha value is -2.01. The van der Waals surface area contributed by atoms with Gasteiger partial charge in [0, 0.05) is 11.9 Å². The molecule has 2 N–H and O–H groups in total. The summed E-state index contributed by atoms with van der Waals surface area (Å²) in [6, 6.07) is 11.6. The number of nitrogen functional groups attached to an aromatic ring is 1. The highest BCUT2D eigenvalue weighted by Gasteiger charge is 2.14. The highest BCUT2D eigenvalue weighted by atomic mass is 79.9. The number of nitrogens with zero attached hydrogens (tertiary/aromatic N) is 2. The number of para-hydroxylation sites is 1. The number of pyridine rings is 1. The van der Waals surface area contributed by atoms with Crippen LogP contribution in [0.1, 0.15) is 0 Å². The average molecular weight is 318 g/mol. The fourth-order valence-corrected chi connectivity index (χ4v) is 2.58. The van der Waals surface area contributed by atoms with Crippen molar-refractivity contribution in [3.63, 3.8) is 0 Å². The van der Waals surface area contributed by atoms with Crippen LogP contribution in [0.25, 0.3) is 16.9 Å². The first-order chi connectivity index (χ1) is 9.20. The Morgan fingerprint density at radius 2 is 2.00 bits per heavy atom. The lowest BCUT2D eigenvalue weighted by Gasteiger charge is -2.07. The van der Waals surface area contributed by atoms with E-state index in [2.05, 4.69) is 20.9 Å². The van der Waals surface area contributed by atoms with Crippen LogP contribution in [0.2, 0.25) is 0 Å². The molecule has 0 radical (unpaired) electrons. The molecule has 3 rings (SSSR count). The predicted molar refractivity (Wildman–Crippen MR) is 79.3 cm³/mol. The summed E-state index contributed by atoms with van der Waals surface area (Å²) in [5, 5.41) is 0. The topological polar surface area (TPSA) is 52.5 Å². The molecule has 1 aromatic carbocycles. The van der Waals surface area contributed by atoms with Gasteiger partial charge in [-0.05, 0) is 40.2 Å². The SMILES string of the molecule is COc1ccccc1-c1nc(Br)c2ccc(N)cn12. The second-order valence-corrected chi connectivity index (χ2v) is 4.90. The Morgan fingerprint density at radius 3 is 2.79 bits per heavy atom. The van der Waals surface area contributed by atoms with Gasteiger partial charge in [0.1, 0.15) is 16.2 Å². The van der Waals surface area contributed by atoms with E-state index in [0.29, 0.717) is 5.69 Å². The molecule has 0 aliphatic rings. The van der Waals surface area contributed by atoms with E-state index in [4.69, 9.17) is 10.5 Å². The molecule has 0 aliphatic carbocycles. The molecule has 0 saturated heterocycles. The molecular weight excluding hydrogens is 306 g/mol. The number of imidazole rings is 1. The minimum absolute atomic E-state index is 0.688. The summed E-state index contributed by atoms with van der Waals surface area (Å²) in [4.78, 5) is 4.55. The zero-order valence-corrected chi connectivity index (χ0v) is 11.9. The Morgan fingerprint density at radius 1 is 1.21 bits per heavy atom. The maximum atomic E-state index is 5.86. The van der Waals surface area contributed by atoms with Gasteiger partial charge >= 0.3 is 0 Å². The Balaban J connectivity index is 2.33. The second-order valence-electron chi connectivity index (χ2n) is 4.14. The monoisotopic (exact) mass is 317 g/mol. The summed E-state index contributed by atoms with van der Waals surface area (Å²) in [5.74, 6) is 1.58. The summed E-state index contributed by atoms with van der Waals surface area (Å²) < 4.78 is 8.13. The number of ether oxygens (including phenoxy) is 1. The van der Waals surface area contributed by atoms with E-state index in [1.54, 1.807) is 7.11 Å².